The summed E-state index contributed by atoms with van der Waals surface area (Å²) in [6, 6.07) is 17.6. The summed E-state index contributed by atoms with van der Waals surface area (Å²) in [7, 11) is 2.04. The van der Waals surface area contributed by atoms with Crippen molar-refractivity contribution in [2.75, 3.05) is 46.5 Å². The van der Waals surface area contributed by atoms with Crippen molar-refractivity contribution in [3.8, 4) is 0 Å². The third-order valence-electron chi connectivity index (χ3n) is 5.82. The van der Waals surface area contributed by atoms with Crippen molar-refractivity contribution >= 4 is 17.9 Å². The van der Waals surface area contributed by atoms with Gasteiger partial charge in [0.1, 0.15) is 0 Å². The van der Waals surface area contributed by atoms with E-state index in [2.05, 4.69) is 10.2 Å². The molecule has 0 radical (unpaired) electrons. The van der Waals surface area contributed by atoms with E-state index in [4.69, 9.17) is 4.74 Å². The number of esters is 1. The standard InChI is InChI=1S/C23H26N4O4/c1-25-12-14-26(15-13-25)16-20(28)31-17-27-21(29)23(24-22(27)30,18-8-4-2-5-9-18)19-10-6-3-7-11-19/h2-11H,12-17H2,1H3,(H,24,30). The average Bonchev–Trinajstić information content (AvgIpc) is 3.05. The Morgan fingerprint density at radius 3 is 2.03 bits per heavy atom. The number of amides is 3. The second-order valence-corrected chi connectivity index (χ2v) is 7.87. The molecule has 0 unspecified atom stereocenters. The highest BCUT2D eigenvalue weighted by molar-refractivity contribution is 6.09. The molecule has 31 heavy (non-hydrogen) atoms. The lowest BCUT2D eigenvalue weighted by atomic mass is 9.83. The first-order chi connectivity index (χ1) is 15.0. The van der Waals surface area contributed by atoms with Crippen LogP contribution in [0, 0.1) is 0 Å². The molecule has 0 saturated carbocycles. The predicted molar refractivity (Wildman–Crippen MR) is 114 cm³/mol. The number of piperazine rings is 1. The molecule has 2 saturated heterocycles. The number of imide groups is 1. The van der Waals surface area contributed by atoms with E-state index < -0.39 is 30.2 Å². The lowest BCUT2D eigenvalue weighted by molar-refractivity contribution is -0.151. The Hall–Kier alpha value is -3.23. The van der Waals surface area contributed by atoms with Crippen LogP contribution < -0.4 is 5.32 Å². The number of ether oxygens (including phenoxy) is 1. The van der Waals surface area contributed by atoms with Gasteiger partial charge in [0.2, 0.25) is 0 Å². The van der Waals surface area contributed by atoms with E-state index in [9.17, 15) is 14.4 Å². The van der Waals surface area contributed by atoms with E-state index in [-0.39, 0.29) is 6.54 Å². The van der Waals surface area contributed by atoms with Crippen LogP contribution in [0.4, 0.5) is 4.79 Å². The number of carbonyl (C=O) groups is 3. The molecule has 0 bridgehead atoms. The SMILES string of the molecule is CN1CCN(CC(=O)OCN2C(=O)NC(c3ccccc3)(c3ccccc3)C2=O)CC1. The van der Waals surface area contributed by atoms with E-state index in [1.54, 1.807) is 24.3 Å². The van der Waals surface area contributed by atoms with Crippen LogP contribution in [0.1, 0.15) is 11.1 Å². The van der Waals surface area contributed by atoms with Crippen LogP contribution in [0.5, 0.6) is 0 Å². The monoisotopic (exact) mass is 422 g/mol. The van der Waals surface area contributed by atoms with Gasteiger partial charge in [0.15, 0.2) is 12.3 Å². The maximum absolute atomic E-state index is 13.5. The minimum atomic E-state index is -1.36. The van der Waals surface area contributed by atoms with Crippen molar-refractivity contribution in [2.45, 2.75) is 5.54 Å². The zero-order valence-electron chi connectivity index (χ0n) is 17.5. The first kappa shape index (κ1) is 21.0. The van der Waals surface area contributed by atoms with E-state index >= 15 is 0 Å². The maximum Gasteiger partial charge on any atom is 0.328 e. The Morgan fingerprint density at radius 2 is 1.48 bits per heavy atom. The van der Waals surface area contributed by atoms with Gasteiger partial charge in [-0.3, -0.25) is 14.5 Å². The van der Waals surface area contributed by atoms with Gasteiger partial charge in [0.25, 0.3) is 5.91 Å². The van der Waals surface area contributed by atoms with Crippen molar-refractivity contribution in [1.82, 2.24) is 20.0 Å². The van der Waals surface area contributed by atoms with Gasteiger partial charge in [0.05, 0.1) is 6.54 Å². The molecule has 4 rings (SSSR count). The lowest BCUT2D eigenvalue weighted by Crippen LogP contribution is -2.47. The number of benzene rings is 2. The van der Waals surface area contributed by atoms with Crippen LogP contribution in [-0.4, -0.2) is 79.1 Å². The quantitative estimate of drug-likeness (QED) is 0.557. The summed E-state index contributed by atoms with van der Waals surface area (Å²) < 4.78 is 5.31. The zero-order valence-corrected chi connectivity index (χ0v) is 17.5. The molecule has 0 spiro atoms. The van der Waals surface area contributed by atoms with E-state index in [1.165, 1.54) is 0 Å². The van der Waals surface area contributed by atoms with E-state index in [0.29, 0.717) is 11.1 Å². The van der Waals surface area contributed by atoms with Gasteiger partial charge < -0.3 is 15.0 Å². The molecule has 2 heterocycles. The van der Waals surface area contributed by atoms with Gasteiger partial charge >= 0.3 is 12.0 Å². The van der Waals surface area contributed by atoms with Crippen molar-refractivity contribution in [2.24, 2.45) is 0 Å². The molecule has 2 aromatic rings. The average molecular weight is 422 g/mol. The summed E-state index contributed by atoms with van der Waals surface area (Å²) in [5.41, 5.74) is -0.0691. The fraction of sp³-hybridized carbons (Fsp3) is 0.348. The number of rotatable bonds is 6. The summed E-state index contributed by atoms with van der Waals surface area (Å²) in [6.45, 7) is 3.05. The Balaban J connectivity index is 1.49. The molecule has 162 valence electrons. The molecular formula is C23H26N4O4. The van der Waals surface area contributed by atoms with Crippen molar-refractivity contribution < 1.29 is 19.1 Å². The first-order valence-corrected chi connectivity index (χ1v) is 10.3. The lowest BCUT2D eigenvalue weighted by Gasteiger charge is -2.31. The fourth-order valence-corrected chi connectivity index (χ4v) is 4.00. The molecule has 1 N–H and O–H groups in total. The maximum atomic E-state index is 13.5. The van der Waals surface area contributed by atoms with Gasteiger partial charge in [-0.15, -0.1) is 0 Å². The molecule has 0 atom stereocenters. The van der Waals surface area contributed by atoms with Gasteiger partial charge in [-0.1, -0.05) is 60.7 Å². The predicted octanol–water partition coefficient (Wildman–Crippen LogP) is 1.23. The van der Waals surface area contributed by atoms with Crippen LogP contribution >= 0.6 is 0 Å². The summed E-state index contributed by atoms with van der Waals surface area (Å²) in [6.07, 6.45) is 0. The summed E-state index contributed by atoms with van der Waals surface area (Å²) >= 11 is 0. The molecule has 8 nitrogen and oxygen atoms in total. The number of hydrogen-bond donors (Lipinski definition) is 1. The molecule has 3 amide bonds. The normalized spacial score (nSPS) is 19.3. The van der Waals surface area contributed by atoms with Crippen LogP contribution in [0.15, 0.2) is 60.7 Å². The van der Waals surface area contributed by atoms with Gasteiger partial charge in [0, 0.05) is 26.2 Å². The molecule has 2 aliphatic rings. The molecule has 8 heteroatoms. The molecule has 2 fully saturated rings. The largest absolute Gasteiger partial charge is 0.443 e. The number of nitrogens with zero attached hydrogens (tertiary/aromatic N) is 3. The van der Waals surface area contributed by atoms with Crippen molar-refractivity contribution in [3.05, 3.63) is 71.8 Å². The second kappa shape index (κ2) is 8.87. The van der Waals surface area contributed by atoms with E-state index in [1.807, 2.05) is 48.3 Å². The van der Waals surface area contributed by atoms with Crippen molar-refractivity contribution in [1.29, 1.82) is 0 Å². The minimum Gasteiger partial charge on any atom is -0.443 e. The number of carbonyl (C=O) groups excluding carboxylic acids is 3. The summed E-state index contributed by atoms with van der Waals surface area (Å²) in [5.74, 6) is -0.927. The molecule has 2 aliphatic heterocycles. The first-order valence-electron chi connectivity index (χ1n) is 10.3. The Bertz CT molecular complexity index is 903. The van der Waals surface area contributed by atoms with Crippen LogP contribution in [-0.2, 0) is 19.9 Å². The fourth-order valence-electron chi connectivity index (χ4n) is 4.00. The minimum absolute atomic E-state index is 0.139. The highest BCUT2D eigenvalue weighted by Crippen LogP contribution is 2.35. The van der Waals surface area contributed by atoms with Gasteiger partial charge in [-0.25, -0.2) is 9.69 Å². The second-order valence-electron chi connectivity index (χ2n) is 7.87. The highest BCUT2D eigenvalue weighted by Gasteiger charge is 2.54. The van der Waals surface area contributed by atoms with Crippen molar-refractivity contribution in [3.63, 3.8) is 0 Å². The molecular weight excluding hydrogens is 396 g/mol. The van der Waals surface area contributed by atoms with Gasteiger partial charge in [-0.2, -0.15) is 0 Å². The molecule has 2 aromatic carbocycles. The Kier molecular flexibility index (Phi) is 6.01. The van der Waals surface area contributed by atoms with Crippen LogP contribution in [0.2, 0.25) is 0 Å². The molecule has 0 aromatic heterocycles. The summed E-state index contributed by atoms with van der Waals surface area (Å²) in [4.78, 5) is 43.8. The Labute approximate surface area is 181 Å². The molecule has 0 aliphatic carbocycles. The Morgan fingerprint density at radius 1 is 0.935 bits per heavy atom. The third-order valence-corrected chi connectivity index (χ3v) is 5.82. The number of urea groups is 1. The number of nitrogens with one attached hydrogen (secondary N) is 1. The number of hydrogen-bond acceptors (Lipinski definition) is 6. The third kappa shape index (κ3) is 4.17. The zero-order chi connectivity index (χ0) is 21.8. The van der Waals surface area contributed by atoms with Crippen LogP contribution in [0.25, 0.3) is 0 Å². The van der Waals surface area contributed by atoms with E-state index in [0.717, 1.165) is 31.1 Å². The number of likely N-dealkylation sites (N-methyl/N-ethyl adjacent to an activating group) is 1. The highest BCUT2D eigenvalue weighted by atomic mass is 16.5. The van der Waals surface area contributed by atoms with Crippen LogP contribution in [0.3, 0.4) is 0 Å². The topological polar surface area (TPSA) is 82.2 Å². The summed E-state index contributed by atoms with van der Waals surface area (Å²) in [5, 5.41) is 2.84. The van der Waals surface area contributed by atoms with Gasteiger partial charge in [-0.05, 0) is 18.2 Å². The smallest absolute Gasteiger partial charge is 0.328 e.